The minimum Gasteiger partial charge on any atom is -0.493 e. The summed E-state index contributed by atoms with van der Waals surface area (Å²) in [5.41, 5.74) is 0.707. The van der Waals surface area contributed by atoms with Crippen LogP contribution in [0.2, 0.25) is 0 Å². The van der Waals surface area contributed by atoms with Gasteiger partial charge in [-0.05, 0) is 19.9 Å². The molecule has 0 spiro atoms. The number of anilines is 1. The first-order valence-electron chi connectivity index (χ1n) is 7.26. The highest BCUT2D eigenvalue weighted by Gasteiger charge is 2.41. The standard InChI is InChI=1S/C16H20N2O5/c1-5-23-16(20)18-9(2)11(8-17)15(19)10-6-13(21-3)14(22-4)7-12(10)18/h6-9,11,17H,5H2,1-4H3. The number of ketones is 1. The molecule has 1 aliphatic rings. The fourth-order valence-electron chi connectivity index (χ4n) is 2.72. The average molecular weight is 320 g/mol. The molecular formula is C16H20N2O5. The van der Waals surface area contributed by atoms with E-state index in [1.165, 1.54) is 25.2 Å². The Morgan fingerprint density at radius 1 is 1.30 bits per heavy atom. The normalized spacial score (nSPS) is 19.8. The molecule has 23 heavy (non-hydrogen) atoms. The van der Waals surface area contributed by atoms with Gasteiger partial charge in [0.15, 0.2) is 17.3 Å². The number of methoxy groups -OCH3 is 2. The van der Waals surface area contributed by atoms with Gasteiger partial charge in [0.05, 0.1) is 38.5 Å². The third kappa shape index (κ3) is 2.74. The maximum atomic E-state index is 12.6. The van der Waals surface area contributed by atoms with Crippen LogP contribution in [0.5, 0.6) is 11.5 Å². The fourth-order valence-corrected chi connectivity index (χ4v) is 2.72. The molecule has 124 valence electrons. The number of fused-ring (bicyclic) bond motifs is 1. The first-order valence-corrected chi connectivity index (χ1v) is 7.26. The van der Waals surface area contributed by atoms with Crippen LogP contribution in [0.1, 0.15) is 24.2 Å². The smallest absolute Gasteiger partial charge is 0.414 e. The number of ether oxygens (including phenoxy) is 3. The Morgan fingerprint density at radius 3 is 2.43 bits per heavy atom. The highest BCUT2D eigenvalue weighted by molar-refractivity contribution is 6.15. The van der Waals surface area contributed by atoms with E-state index in [0.717, 1.165) is 6.21 Å². The molecule has 1 amide bonds. The Bertz CT molecular complexity index is 644. The van der Waals surface area contributed by atoms with Gasteiger partial charge in [0.2, 0.25) is 0 Å². The van der Waals surface area contributed by atoms with Crippen LogP contribution in [0.3, 0.4) is 0 Å². The number of Topliss-reactive ketones (excluding diaryl/α,β-unsaturated/α-hetero) is 1. The lowest BCUT2D eigenvalue weighted by molar-refractivity contribution is 0.0932. The van der Waals surface area contributed by atoms with E-state index in [0.29, 0.717) is 22.7 Å². The van der Waals surface area contributed by atoms with E-state index in [1.54, 1.807) is 19.9 Å². The quantitative estimate of drug-likeness (QED) is 0.861. The van der Waals surface area contributed by atoms with E-state index in [-0.39, 0.29) is 12.4 Å². The van der Waals surface area contributed by atoms with Gasteiger partial charge in [0.1, 0.15) is 0 Å². The summed E-state index contributed by atoms with van der Waals surface area (Å²) in [7, 11) is 2.95. The third-order valence-corrected chi connectivity index (χ3v) is 3.90. The Balaban J connectivity index is 2.66. The number of nitrogens with zero attached hydrogens (tertiary/aromatic N) is 1. The van der Waals surface area contributed by atoms with Gasteiger partial charge in [0.25, 0.3) is 0 Å². The van der Waals surface area contributed by atoms with Gasteiger partial charge < -0.3 is 19.6 Å². The Kier molecular flexibility index (Phi) is 4.88. The van der Waals surface area contributed by atoms with Gasteiger partial charge in [-0.15, -0.1) is 0 Å². The van der Waals surface area contributed by atoms with E-state index in [1.807, 2.05) is 0 Å². The summed E-state index contributed by atoms with van der Waals surface area (Å²) in [6, 6.07) is 2.59. The predicted molar refractivity (Wildman–Crippen MR) is 85.1 cm³/mol. The maximum Gasteiger partial charge on any atom is 0.414 e. The molecule has 0 bridgehead atoms. The summed E-state index contributed by atoms with van der Waals surface area (Å²) in [6.45, 7) is 3.64. The second-order valence-corrected chi connectivity index (χ2v) is 5.09. The van der Waals surface area contributed by atoms with Crippen LogP contribution in [0.15, 0.2) is 12.1 Å². The van der Waals surface area contributed by atoms with Crippen molar-refractivity contribution in [1.82, 2.24) is 0 Å². The molecule has 1 aliphatic heterocycles. The van der Waals surface area contributed by atoms with Crippen molar-refractivity contribution in [3.05, 3.63) is 17.7 Å². The van der Waals surface area contributed by atoms with Gasteiger partial charge in [0, 0.05) is 17.8 Å². The molecule has 7 nitrogen and oxygen atoms in total. The summed E-state index contributed by atoms with van der Waals surface area (Å²) < 4.78 is 15.6. The van der Waals surface area contributed by atoms with Crippen LogP contribution in [0, 0.1) is 11.3 Å². The monoisotopic (exact) mass is 320 g/mol. The largest absolute Gasteiger partial charge is 0.493 e. The molecule has 1 heterocycles. The summed E-state index contributed by atoms with van der Waals surface area (Å²) in [5.74, 6) is -0.162. The minimum absolute atomic E-state index is 0.216. The first-order chi connectivity index (χ1) is 11.0. The SMILES string of the molecule is CCOC(=O)N1c2cc(OC)c(OC)cc2C(=O)C(C=N)C1C. The van der Waals surface area contributed by atoms with E-state index in [9.17, 15) is 9.59 Å². The zero-order chi connectivity index (χ0) is 17.1. The lowest BCUT2D eigenvalue weighted by Crippen LogP contribution is -2.50. The lowest BCUT2D eigenvalue weighted by Gasteiger charge is -2.37. The number of nitrogens with one attached hydrogen (secondary N) is 1. The van der Waals surface area contributed by atoms with E-state index >= 15 is 0 Å². The van der Waals surface area contributed by atoms with Crippen molar-refractivity contribution in [2.24, 2.45) is 5.92 Å². The van der Waals surface area contributed by atoms with Crippen molar-refractivity contribution in [1.29, 1.82) is 5.41 Å². The molecule has 0 radical (unpaired) electrons. The molecule has 7 heteroatoms. The molecule has 1 aromatic rings. The number of carbonyl (C=O) groups excluding carboxylic acids is 2. The van der Waals surface area contributed by atoms with E-state index < -0.39 is 18.1 Å². The minimum atomic E-state index is -0.731. The van der Waals surface area contributed by atoms with Crippen molar-refractivity contribution in [3.63, 3.8) is 0 Å². The molecule has 0 aliphatic carbocycles. The highest BCUT2D eigenvalue weighted by Crippen LogP contribution is 2.41. The Hall–Kier alpha value is -2.57. The van der Waals surface area contributed by atoms with Crippen LogP contribution >= 0.6 is 0 Å². The number of hydrogen-bond acceptors (Lipinski definition) is 6. The van der Waals surface area contributed by atoms with Crippen molar-refractivity contribution < 1.29 is 23.8 Å². The summed E-state index contributed by atoms with van der Waals surface area (Å²) in [4.78, 5) is 26.4. The molecule has 0 aromatic heterocycles. The number of carbonyl (C=O) groups is 2. The zero-order valence-electron chi connectivity index (χ0n) is 13.6. The molecule has 1 N–H and O–H groups in total. The highest BCUT2D eigenvalue weighted by atomic mass is 16.6. The van der Waals surface area contributed by atoms with Crippen LogP contribution in [-0.2, 0) is 4.74 Å². The van der Waals surface area contributed by atoms with E-state index in [4.69, 9.17) is 19.6 Å². The predicted octanol–water partition coefficient (Wildman–Crippen LogP) is 2.52. The van der Waals surface area contributed by atoms with Crippen molar-refractivity contribution >= 4 is 23.8 Å². The second kappa shape index (κ2) is 6.68. The average Bonchev–Trinajstić information content (AvgIpc) is 2.54. The summed E-state index contributed by atoms with van der Waals surface area (Å²) in [6.07, 6.45) is 0.492. The molecule has 0 saturated carbocycles. The summed E-state index contributed by atoms with van der Waals surface area (Å²) in [5, 5.41) is 7.53. The third-order valence-electron chi connectivity index (χ3n) is 3.90. The topological polar surface area (TPSA) is 88.9 Å². The molecule has 1 aromatic carbocycles. The molecular weight excluding hydrogens is 300 g/mol. The van der Waals surface area contributed by atoms with Crippen molar-refractivity contribution in [2.75, 3.05) is 25.7 Å². The Labute approximate surface area is 134 Å². The zero-order valence-corrected chi connectivity index (χ0v) is 13.6. The van der Waals surface area contributed by atoms with Gasteiger partial charge in [-0.1, -0.05) is 0 Å². The van der Waals surface area contributed by atoms with Crippen LogP contribution < -0.4 is 14.4 Å². The number of hydrogen-bond donors (Lipinski definition) is 1. The van der Waals surface area contributed by atoms with Gasteiger partial charge >= 0.3 is 6.09 Å². The Morgan fingerprint density at radius 2 is 1.91 bits per heavy atom. The van der Waals surface area contributed by atoms with Gasteiger partial charge in [-0.3, -0.25) is 9.69 Å². The van der Waals surface area contributed by atoms with Crippen molar-refractivity contribution in [2.45, 2.75) is 19.9 Å². The lowest BCUT2D eigenvalue weighted by atomic mass is 9.86. The number of benzene rings is 1. The van der Waals surface area contributed by atoms with Crippen LogP contribution in [0.4, 0.5) is 10.5 Å². The second-order valence-electron chi connectivity index (χ2n) is 5.09. The molecule has 0 saturated heterocycles. The molecule has 2 unspecified atom stereocenters. The van der Waals surface area contributed by atoms with Crippen LogP contribution in [-0.4, -0.2) is 45.0 Å². The molecule has 2 rings (SSSR count). The molecule has 2 atom stereocenters. The van der Waals surface area contributed by atoms with Gasteiger partial charge in [-0.25, -0.2) is 4.79 Å². The summed E-state index contributed by atoms with van der Waals surface area (Å²) >= 11 is 0. The number of amides is 1. The van der Waals surface area contributed by atoms with Gasteiger partial charge in [-0.2, -0.15) is 0 Å². The van der Waals surface area contributed by atoms with Crippen LogP contribution in [0.25, 0.3) is 0 Å². The van der Waals surface area contributed by atoms with E-state index in [2.05, 4.69) is 0 Å². The number of rotatable bonds is 4. The fraction of sp³-hybridized carbons (Fsp3) is 0.438. The van der Waals surface area contributed by atoms with Crippen molar-refractivity contribution in [3.8, 4) is 11.5 Å². The first kappa shape index (κ1) is 16.8. The maximum absolute atomic E-state index is 12.6. The molecule has 0 fully saturated rings.